The quantitative estimate of drug-likeness (QED) is 0.483. The molecular formula is C20H18N2O3S2. The van der Waals surface area contributed by atoms with Crippen molar-refractivity contribution in [1.29, 1.82) is 0 Å². The fraction of sp³-hybridized carbons (Fsp3) is 0.200. The second kappa shape index (κ2) is 7.54. The number of fused-ring (bicyclic) bond motifs is 3. The van der Waals surface area contributed by atoms with Crippen LogP contribution in [0, 0.1) is 6.92 Å². The number of amides is 1. The predicted octanol–water partition coefficient (Wildman–Crippen LogP) is 5.24. The van der Waals surface area contributed by atoms with E-state index in [4.69, 9.17) is 9.47 Å². The van der Waals surface area contributed by atoms with Crippen LogP contribution in [0.25, 0.3) is 20.3 Å². The molecule has 0 spiro atoms. The number of hydrogen-bond donors (Lipinski definition) is 1. The Morgan fingerprint density at radius 2 is 2.04 bits per heavy atom. The Hall–Kier alpha value is -2.64. The Morgan fingerprint density at radius 3 is 2.89 bits per heavy atom. The van der Waals surface area contributed by atoms with Gasteiger partial charge in [0.2, 0.25) is 0 Å². The Balaban J connectivity index is 1.53. The summed E-state index contributed by atoms with van der Waals surface area (Å²) in [5, 5.41) is 6.87. The second-order valence-corrected chi connectivity index (χ2v) is 8.03. The number of carbonyl (C=O) groups is 1. The molecule has 4 aromatic rings. The lowest BCUT2D eigenvalue weighted by atomic mass is 10.2. The van der Waals surface area contributed by atoms with Crippen molar-refractivity contribution in [2.75, 3.05) is 18.5 Å². The molecule has 138 valence electrons. The van der Waals surface area contributed by atoms with Crippen LogP contribution in [0.5, 0.6) is 11.5 Å². The molecule has 1 amide bonds. The third-order valence-corrected chi connectivity index (χ3v) is 5.83. The number of ether oxygens (including phenoxy) is 2. The van der Waals surface area contributed by atoms with E-state index in [-0.39, 0.29) is 12.5 Å². The number of aryl methyl sites for hydroxylation is 1. The lowest BCUT2D eigenvalue weighted by Crippen LogP contribution is -2.20. The molecule has 0 aliphatic heterocycles. The molecule has 0 aliphatic rings. The number of thiazole rings is 1. The number of thiophene rings is 1. The molecule has 2 heterocycles. The molecule has 0 saturated carbocycles. The lowest BCUT2D eigenvalue weighted by molar-refractivity contribution is -0.118. The van der Waals surface area contributed by atoms with E-state index in [9.17, 15) is 4.79 Å². The number of hydrogen-bond acceptors (Lipinski definition) is 6. The van der Waals surface area contributed by atoms with E-state index >= 15 is 0 Å². The van der Waals surface area contributed by atoms with Crippen molar-refractivity contribution in [3.8, 4) is 11.5 Å². The van der Waals surface area contributed by atoms with Gasteiger partial charge in [0.1, 0.15) is 11.5 Å². The highest BCUT2D eigenvalue weighted by atomic mass is 32.1. The maximum absolute atomic E-state index is 12.4. The van der Waals surface area contributed by atoms with Crippen molar-refractivity contribution in [3.63, 3.8) is 0 Å². The zero-order valence-electron chi connectivity index (χ0n) is 14.9. The Bertz CT molecular complexity index is 1120. The first kappa shape index (κ1) is 17.8. The molecule has 0 radical (unpaired) electrons. The van der Waals surface area contributed by atoms with E-state index in [0.717, 1.165) is 25.3 Å². The average Bonchev–Trinajstić information content (AvgIpc) is 3.27. The zero-order chi connectivity index (χ0) is 18.8. The first-order chi connectivity index (χ1) is 13.2. The molecular weight excluding hydrogens is 380 g/mol. The van der Waals surface area contributed by atoms with Crippen molar-refractivity contribution in [2.45, 2.75) is 13.8 Å². The molecule has 0 saturated heterocycles. The molecule has 4 rings (SSSR count). The second-order valence-electron chi connectivity index (χ2n) is 5.88. The van der Waals surface area contributed by atoms with Crippen LogP contribution < -0.4 is 14.8 Å². The summed E-state index contributed by atoms with van der Waals surface area (Å²) in [4.78, 5) is 17.0. The number of nitrogens with one attached hydrogen (secondary N) is 1. The van der Waals surface area contributed by atoms with E-state index in [1.807, 2.05) is 55.6 Å². The molecule has 0 aliphatic carbocycles. The normalized spacial score (nSPS) is 11.0. The van der Waals surface area contributed by atoms with Gasteiger partial charge in [0.15, 0.2) is 6.61 Å². The summed E-state index contributed by atoms with van der Waals surface area (Å²) >= 11 is 3.26. The number of rotatable bonds is 6. The fourth-order valence-electron chi connectivity index (χ4n) is 2.89. The van der Waals surface area contributed by atoms with E-state index in [1.165, 1.54) is 0 Å². The molecule has 0 atom stereocenters. The maximum Gasteiger partial charge on any atom is 0.262 e. The molecule has 27 heavy (non-hydrogen) atoms. The topological polar surface area (TPSA) is 60.5 Å². The molecule has 0 unspecified atom stereocenters. The van der Waals surface area contributed by atoms with Crippen LogP contribution >= 0.6 is 22.7 Å². The van der Waals surface area contributed by atoms with Crippen molar-refractivity contribution >= 4 is 54.6 Å². The summed E-state index contributed by atoms with van der Waals surface area (Å²) in [5.74, 6) is 1.12. The first-order valence-electron chi connectivity index (χ1n) is 8.57. The Kier molecular flexibility index (Phi) is 4.96. The minimum Gasteiger partial charge on any atom is -0.492 e. The van der Waals surface area contributed by atoms with Gasteiger partial charge in [0.05, 0.1) is 32.2 Å². The largest absolute Gasteiger partial charge is 0.492 e. The van der Waals surface area contributed by atoms with E-state index in [0.29, 0.717) is 23.8 Å². The number of nitrogens with zero attached hydrogens (tertiary/aromatic N) is 1. The van der Waals surface area contributed by atoms with Crippen LogP contribution in [-0.4, -0.2) is 24.1 Å². The van der Waals surface area contributed by atoms with Gasteiger partial charge < -0.3 is 14.8 Å². The Labute approximate surface area is 164 Å². The number of benzene rings is 2. The minimum atomic E-state index is -0.230. The van der Waals surface area contributed by atoms with Gasteiger partial charge in [0.25, 0.3) is 5.91 Å². The fourth-order valence-corrected chi connectivity index (χ4v) is 4.72. The summed E-state index contributed by atoms with van der Waals surface area (Å²) in [6.07, 6.45) is 0. The van der Waals surface area contributed by atoms with E-state index in [2.05, 4.69) is 10.3 Å². The lowest BCUT2D eigenvalue weighted by Gasteiger charge is -2.12. The highest BCUT2D eigenvalue weighted by Crippen LogP contribution is 2.38. The molecule has 7 heteroatoms. The Morgan fingerprint density at radius 1 is 1.19 bits per heavy atom. The predicted molar refractivity (Wildman–Crippen MR) is 111 cm³/mol. The van der Waals surface area contributed by atoms with Gasteiger partial charge in [-0.2, -0.15) is 0 Å². The monoisotopic (exact) mass is 398 g/mol. The van der Waals surface area contributed by atoms with Crippen LogP contribution in [0.4, 0.5) is 5.69 Å². The first-order valence-corrected chi connectivity index (χ1v) is 10.3. The van der Waals surface area contributed by atoms with Crippen LogP contribution in [0.3, 0.4) is 0 Å². The maximum atomic E-state index is 12.4. The van der Waals surface area contributed by atoms with Gasteiger partial charge in [-0.3, -0.25) is 4.79 Å². The van der Waals surface area contributed by atoms with Crippen molar-refractivity contribution in [1.82, 2.24) is 4.98 Å². The number of carbonyl (C=O) groups excluding carboxylic acids is 1. The van der Waals surface area contributed by atoms with Crippen molar-refractivity contribution in [2.24, 2.45) is 0 Å². The van der Waals surface area contributed by atoms with Crippen molar-refractivity contribution < 1.29 is 14.3 Å². The van der Waals surface area contributed by atoms with Crippen molar-refractivity contribution in [3.05, 3.63) is 46.8 Å². The molecule has 1 N–H and O–H groups in total. The smallest absolute Gasteiger partial charge is 0.262 e. The highest BCUT2D eigenvalue weighted by Gasteiger charge is 2.14. The molecule has 2 aromatic heterocycles. The molecule has 5 nitrogen and oxygen atoms in total. The van der Waals surface area contributed by atoms with E-state index in [1.54, 1.807) is 22.7 Å². The average molecular weight is 399 g/mol. The summed E-state index contributed by atoms with van der Waals surface area (Å²) in [6.45, 7) is 4.36. The number of anilines is 1. The standard InChI is InChI=1S/C20H18N2O3S2/c1-3-24-15-7-5-4-6-14(15)22-18(23)11-25-16-10-17-19(21-12(2)27-17)20-13(16)8-9-26-20/h4-10H,3,11H2,1-2H3,(H,22,23). The summed E-state index contributed by atoms with van der Waals surface area (Å²) in [7, 11) is 0. The van der Waals surface area contributed by atoms with Crippen LogP contribution in [-0.2, 0) is 4.79 Å². The number of aromatic nitrogens is 1. The molecule has 2 aromatic carbocycles. The zero-order valence-corrected chi connectivity index (χ0v) is 16.6. The number of para-hydroxylation sites is 2. The van der Waals surface area contributed by atoms with Gasteiger partial charge in [-0.1, -0.05) is 12.1 Å². The van der Waals surface area contributed by atoms with Crippen LogP contribution in [0.15, 0.2) is 41.8 Å². The van der Waals surface area contributed by atoms with Crippen LogP contribution in [0.2, 0.25) is 0 Å². The molecule has 0 bridgehead atoms. The highest BCUT2D eigenvalue weighted by molar-refractivity contribution is 7.21. The van der Waals surface area contributed by atoms with E-state index < -0.39 is 0 Å². The third kappa shape index (κ3) is 3.61. The van der Waals surface area contributed by atoms with Gasteiger partial charge in [0, 0.05) is 11.5 Å². The summed E-state index contributed by atoms with van der Waals surface area (Å²) < 4.78 is 13.6. The van der Waals surface area contributed by atoms with Gasteiger partial charge in [-0.15, -0.1) is 22.7 Å². The van der Waals surface area contributed by atoms with Crippen LogP contribution in [0.1, 0.15) is 11.9 Å². The van der Waals surface area contributed by atoms with Gasteiger partial charge >= 0.3 is 0 Å². The third-order valence-electron chi connectivity index (χ3n) is 3.99. The molecule has 0 fully saturated rings. The SMILES string of the molecule is CCOc1ccccc1NC(=O)COc1cc2sc(C)nc2c2sccc12. The van der Waals surface area contributed by atoms with Gasteiger partial charge in [-0.05, 0) is 37.4 Å². The summed E-state index contributed by atoms with van der Waals surface area (Å²) in [6, 6.07) is 11.3. The van der Waals surface area contributed by atoms with Gasteiger partial charge in [-0.25, -0.2) is 4.98 Å². The minimum absolute atomic E-state index is 0.0747. The summed E-state index contributed by atoms with van der Waals surface area (Å²) in [5.41, 5.74) is 1.65.